The standard InChI is InChI=1S/C12H15NO3S2/c1-2-17-9-5-8-13-12(14)10-6-3-4-7-11(10)18(13,15)16/h3-4,6-7H,2,5,8-9H2,1H3. The molecule has 0 radical (unpaired) electrons. The summed E-state index contributed by atoms with van der Waals surface area (Å²) in [5, 5.41) is 0. The molecule has 0 aromatic heterocycles. The van der Waals surface area contributed by atoms with Gasteiger partial charge in [-0.3, -0.25) is 4.79 Å². The molecule has 1 heterocycles. The first-order valence-corrected chi connectivity index (χ1v) is 8.42. The van der Waals surface area contributed by atoms with Gasteiger partial charge < -0.3 is 0 Å². The van der Waals surface area contributed by atoms with Crippen LogP contribution in [0.15, 0.2) is 29.2 Å². The minimum atomic E-state index is -3.61. The maximum Gasteiger partial charge on any atom is 0.269 e. The van der Waals surface area contributed by atoms with Crippen LogP contribution in [-0.4, -0.2) is 36.7 Å². The second-order valence-electron chi connectivity index (χ2n) is 3.93. The third kappa shape index (κ3) is 2.27. The van der Waals surface area contributed by atoms with Crippen LogP contribution in [-0.2, 0) is 10.0 Å². The molecule has 1 aromatic rings. The molecular formula is C12H15NO3S2. The second kappa shape index (κ2) is 5.32. The SMILES string of the molecule is CCSCCCN1C(=O)c2ccccc2S1(=O)=O. The molecule has 0 spiro atoms. The van der Waals surface area contributed by atoms with E-state index < -0.39 is 15.9 Å². The lowest BCUT2D eigenvalue weighted by molar-refractivity contribution is 0.0871. The highest BCUT2D eigenvalue weighted by molar-refractivity contribution is 7.99. The maximum atomic E-state index is 12.2. The molecule has 0 saturated heterocycles. The Bertz CT molecular complexity index is 554. The number of thioether (sulfide) groups is 1. The molecule has 0 N–H and O–H groups in total. The minimum absolute atomic E-state index is 0.137. The van der Waals surface area contributed by atoms with Crippen LogP contribution in [0, 0.1) is 0 Å². The van der Waals surface area contributed by atoms with Gasteiger partial charge in [0.05, 0.1) is 5.56 Å². The zero-order valence-corrected chi connectivity index (χ0v) is 11.8. The molecular weight excluding hydrogens is 270 g/mol. The van der Waals surface area contributed by atoms with Gasteiger partial charge >= 0.3 is 0 Å². The molecule has 2 rings (SSSR count). The Morgan fingerprint density at radius 1 is 1.28 bits per heavy atom. The highest BCUT2D eigenvalue weighted by atomic mass is 32.2. The lowest BCUT2D eigenvalue weighted by Crippen LogP contribution is -2.31. The first-order valence-electron chi connectivity index (χ1n) is 5.83. The van der Waals surface area contributed by atoms with Crippen molar-refractivity contribution in [2.45, 2.75) is 18.2 Å². The van der Waals surface area contributed by atoms with Crippen LogP contribution in [0.2, 0.25) is 0 Å². The Hall–Kier alpha value is -1.01. The third-order valence-electron chi connectivity index (χ3n) is 2.77. The van der Waals surface area contributed by atoms with Gasteiger partial charge in [-0.2, -0.15) is 11.8 Å². The Kier molecular flexibility index (Phi) is 3.97. The normalized spacial score (nSPS) is 16.9. The van der Waals surface area contributed by atoms with Crippen molar-refractivity contribution in [3.8, 4) is 0 Å². The van der Waals surface area contributed by atoms with Crippen molar-refractivity contribution in [3.63, 3.8) is 0 Å². The molecule has 98 valence electrons. The highest BCUT2D eigenvalue weighted by Crippen LogP contribution is 2.29. The van der Waals surface area contributed by atoms with Crippen molar-refractivity contribution >= 4 is 27.7 Å². The van der Waals surface area contributed by atoms with E-state index in [-0.39, 0.29) is 11.4 Å². The number of sulfonamides is 1. The molecule has 0 bridgehead atoms. The number of fused-ring (bicyclic) bond motifs is 1. The lowest BCUT2D eigenvalue weighted by Gasteiger charge is -2.14. The summed E-state index contributed by atoms with van der Waals surface area (Å²) < 4.78 is 25.3. The first-order chi connectivity index (χ1) is 8.59. The van der Waals surface area contributed by atoms with Gasteiger partial charge in [-0.1, -0.05) is 19.1 Å². The summed E-state index contributed by atoms with van der Waals surface area (Å²) in [5.41, 5.74) is 0.292. The van der Waals surface area contributed by atoms with Gasteiger partial charge in [0.1, 0.15) is 4.90 Å². The van der Waals surface area contributed by atoms with Crippen molar-refractivity contribution in [3.05, 3.63) is 29.8 Å². The van der Waals surface area contributed by atoms with Crippen molar-refractivity contribution < 1.29 is 13.2 Å². The van der Waals surface area contributed by atoms with E-state index in [2.05, 4.69) is 6.92 Å². The summed E-state index contributed by atoms with van der Waals surface area (Å²) in [4.78, 5) is 12.2. The average molecular weight is 285 g/mol. The van der Waals surface area contributed by atoms with Gasteiger partial charge in [0.25, 0.3) is 15.9 Å². The molecule has 1 aliphatic heterocycles. The van der Waals surface area contributed by atoms with E-state index >= 15 is 0 Å². The molecule has 18 heavy (non-hydrogen) atoms. The molecule has 0 saturated carbocycles. The van der Waals surface area contributed by atoms with Gasteiger partial charge in [0, 0.05) is 6.54 Å². The number of rotatable bonds is 5. The summed E-state index contributed by atoms with van der Waals surface area (Å²) in [6, 6.07) is 6.38. The topological polar surface area (TPSA) is 54.5 Å². The van der Waals surface area contributed by atoms with E-state index in [9.17, 15) is 13.2 Å². The number of benzene rings is 1. The minimum Gasteiger partial charge on any atom is -0.268 e. The summed E-state index contributed by atoms with van der Waals surface area (Å²) in [6.45, 7) is 2.32. The van der Waals surface area contributed by atoms with Crippen LogP contribution in [0.1, 0.15) is 23.7 Å². The lowest BCUT2D eigenvalue weighted by atomic mass is 10.2. The maximum absolute atomic E-state index is 12.2. The number of amides is 1. The van der Waals surface area contributed by atoms with E-state index in [4.69, 9.17) is 0 Å². The number of hydrogen-bond donors (Lipinski definition) is 0. The largest absolute Gasteiger partial charge is 0.269 e. The molecule has 0 atom stereocenters. The smallest absolute Gasteiger partial charge is 0.268 e. The number of hydrogen-bond acceptors (Lipinski definition) is 4. The number of nitrogens with zero attached hydrogens (tertiary/aromatic N) is 1. The number of carbonyl (C=O) groups excluding carboxylic acids is 1. The van der Waals surface area contributed by atoms with Crippen molar-refractivity contribution in [1.29, 1.82) is 0 Å². The quantitative estimate of drug-likeness (QED) is 0.776. The van der Waals surface area contributed by atoms with Crippen LogP contribution in [0.5, 0.6) is 0 Å². The predicted molar refractivity (Wildman–Crippen MR) is 72.3 cm³/mol. The van der Waals surface area contributed by atoms with Crippen LogP contribution >= 0.6 is 11.8 Å². The number of carbonyl (C=O) groups is 1. The first kappa shape index (κ1) is 13.4. The average Bonchev–Trinajstić information content (AvgIpc) is 2.55. The summed E-state index contributed by atoms with van der Waals surface area (Å²) in [7, 11) is -3.61. The van der Waals surface area contributed by atoms with Gasteiger partial charge in [0.2, 0.25) is 0 Å². The van der Waals surface area contributed by atoms with E-state index in [0.29, 0.717) is 12.0 Å². The zero-order chi connectivity index (χ0) is 13.2. The fourth-order valence-corrected chi connectivity index (χ4v) is 4.14. The highest BCUT2D eigenvalue weighted by Gasteiger charge is 2.40. The Morgan fingerprint density at radius 2 is 2.00 bits per heavy atom. The van der Waals surface area contributed by atoms with Crippen molar-refractivity contribution in [2.24, 2.45) is 0 Å². The van der Waals surface area contributed by atoms with E-state index in [1.165, 1.54) is 6.07 Å². The summed E-state index contributed by atoms with van der Waals surface area (Å²) in [6.07, 6.45) is 0.692. The Labute approximate surface area is 111 Å². The molecule has 0 fully saturated rings. The molecule has 4 nitrogen and oxygen atoms in total. The molecule has 1 aromatic carbocycles. The van der Waals surface area contributed by atoms with Crippen molar-refractivity contribution in [1.82, 2.24) is 4.31 Å². The predicted octanol–water partition coefficient (Wildman–Crippen LogP) is 1.97. The van der Waals surface area contributed by atoms with Crippen LogP contribution in [0.3, 0.4) is 0 Å². The summed E-state index contributed by atoms with van der Waals surface area (Å²) >= 11 is 1.74. The van der Waals surface area contributed by atoms with Gasteiger partial charge in [-0.15, -0.1) is 0 Å². The Morgan fingerprint density at radius 3 is 2.67 bits per heavy atom. The van der Waals surface area contributed by atoms with Gasteiger partial charge in [-0.05, 0) is 30.1 Å². The molecule has 6 heteroatoms. The zero-order valence-electron chi connectivity index (χ0n) is 10.1. The fraction of sp³-hybridized carbons (Fsp3) is 0.417. The fourth-order valence-electron chi connectivity index (χ4n) is 1.91. The summed E-state index contributed by atoms with van der Waals surface area (Å²) in [5.74, 6) is 1.47. The van der Waals surface area contributed by atoms with E-state index in [1.54, 1.807) is 30.0 Å². The van der Waals surface area contributed by atoms with E-state index in [0.717, 1.165) is 15.8 Å². The molecule has 1 amide bonds. The van der Waals surface area contributed by atoms with Crippen LogP contribution < -0.4 is 0 Å². The van der Waals surface area contributed by atoms with Gasteiger partial charge in [0.15, 0.2) is 0 Å². The van der Waals surface area contributed by atoms with Crippen LogP contribution in [0.25, 0.3) is 0 Å². The molecule has 0 unspecified atom stereocenters. The van der Waals surface area contributed by atoms with Crippen molar-refractivity contribution in [2.75, 3.05) is 18.1 Å². The molecule has 0 aliphatic carbocycles. The third-order valence-corrected chi connectivity index (χ3v) is 5.59. The van der Waals surface area contributed by atoms with Crippen LogP contribution in [0.4, 0.5) is 0 Å². The monoisotopic (exact) mass is 285 g/mol. The second-order valence-corrected chi connectivity index (χ2v) is 7.15. The Balaban J connectivity index is 2.18. The van der Waals surface area contributed by atoms with E-state index in [1.807, 2.05) is 0 Å². The molecule has 1 aliphatic rings. The van der Waals surface area contributed by atoms with Gasteiger partial charge in [-0.25, -0.2) is 12.7 Å².